The number of benzene rings is 1. The molecule has 0 aromatic heterocycles. The Hall–Kier alpha value is -0.730. The molecule has 0 spiro atoms. The molecule has 0 saturated heterocycles. The predicted molar refractivity (Wildman–Crippen MR) is 78.7 cm³/mol. The molecule has 1 aromatic carbocycles. The Kier molecular flexibility index (Phi) is 6.51. The molecule has 2 nitrogen and oxygen atoms in total. The van der Waals surface area contributed by atoms with Crippen molar-refractivity contribution in [1.82, 2.24) is 5.32 Å². The van der Waals surface area contributed by atoms with Crippen molar-refractivity contribution in [2.45, 2.75) is 52.7 Å². The summed E-state index contributed by atoms with van der Waals surface area (Å²) >= 11 is 5.95. The molecule has 0 bridgehead atoms. The van der Waals surface area contributed by atoms with E-state index in [1.807, 2.05) is 25.1 Å². The average Bonchev–Trinajstić information content (AvgIpc) is 2.29. The highest BCUT2D eigenvalue weighted by Gasteiger charge is 2.11. The minimum atomic E-state index is 0.220. The molecule has 1 aromatic rings. The van der Waals surface area contributed by atoms with Crippen molar-refractivity contribution in [3.8, 4) is 5.75 Å². The highest BCUT2D eigenvalue weighted by Crippen LogP contribution is 2.23. The summed E-state index contributed by atoms with van der Waals surface area (Å²) in [5, 5.41) is 4.19. The third-order valence-electron chi connectivity index (χ3n) is 2.80. The van der Waals surface area contributed by atoms with E-state index in [4.69, 9.17) is 16.3 Å². The van der Waals surface area contributed by atoms with Gasteiger partial charge in [-0.15, -0.1) is 0 Å². The Bertz CT molecular complexity index is 366. The van der Waals surface area contributed by atoms with Gasteiger partial charge in [0.15, 0.2) is 0 Å². The first-order chi connectivity index (χ1) is 8.52. The summed E-state index contributed by atoms with van der Waals surface area (Å²) in [6.07, 6.45) is 2.40. The fourth-order valence-corrected chi connectivity index (χ4v) is 2.04. The van der Waals surface area contributed by atoms with Gasteiger partial charge in [-0.1, -0.05) is 38.8 Å². The Labute approximate surface area is 116 Å². The van der Waals surface area contributed by atoms with Gasteiger partial charge in [-0.05, 0) is 37.1 Å². The van der Waals surface area contributed by atoms with Crippen molar-refractivity contribution >= 4 is 11.6 Å². The molecule has 0 aliphatic carbocycles. The molecular weight excluding hydrogens is 246 g/mol. The van der Waals surface area contributed by atoms with Gasteiger partial charge in [0, 0.05) is 17.6 Å². The fraction of sp³-hybridized carbons (Fsp3) is 0.600. The van der Waals surface area contributed by atoms with E-state index in [-0.39, 0.29) is 6.10 Å². The lowest BCUT2D eigenvalue weighted by Gasteiger charge is -2.21. The van der Waals surface area contributed by atoms with Crippen molar-refractivity contribution in [2.24, 2.45) is 0 Å². The number of hydrogen-bond donors (Lipinski definition) is 1. The van der Waals surface area contributed by atoms with Gasteiger partial charge < -0.3 is 10.1 Å². The molecule has 102 valence electrons. The zero-order chi connectivity index (χ0) is 13.5. The lowest BCUT2D eigenvalue weighted by molar-refractivity contribution is 0.182. The average molecular weight is 270 g/mol. The van der Waals surface area contributed by atoms with E-state index in [2.05, 4.69) is 26.1 Å². The molecule has 1 atom stereocenters. The molecule has 0 amide bonds. The van der Waals surface area contributed by atoms with Crippen molar-refractivity contribution < 1.29 is 4.74 Å². The first kappa shape index (κ1) is 15.3. The number of rotatable bonds is 7. The molecule has 0 saturated carbocycles. The van der Waals surface area contributed by atoms with Gasteiger partial charge in [0.2, 0.25) is 0 Å². The lowest BCUT2D eigenvalue weighted by atomic mass is 10.2. The van der Waals surface area contributed by atoms with E-state index in [0.29, 0.717) is 6.04 Å². The van der Waals surface area contributed by atoms with Gasteiger partial charge >= 0.3 is 0 Å². The molecule has 18 heavy (non-hydrogen) atoms. The first-order valence-corrected chi connectivity index (χ1v) is 7.07. The maximum Gasteiger partial charge on any atom is 0.122 e. The van der Waals surface area contributed by atoms with Crippen LogP contribution in [0.2, 0.25) is 5.02 Å². The Morgan fingerprint density at radius 1 is 1.33 bits per heavy atom. The van der Waals surface area contributed by atoms with Gasteiger partial charge in [-0.2, -0.15) is 0 Å². The minimum Gasteiger partial charge on any atom is -0.489 e. The molecule has 1 N–H and O–H groups in total. The smallest absolute Gasteiger partial charge is 0.122 e. The van der Waals surface area contributed by atoms with Crippen LogP contribution < -0.4 is 10.1 Å². The van der Waals surface area contributed by atoms with Crippen LogP contribution in [0, 0.1) is 6.92 Å². The second kappa shape index (κ2) is 7.65. The monoisotopic (exact) mass is 269 g/mol. The highest BCUT2D eigenvalue weighted by molar-refractivity contribution is 6.30. The summed E-state index contributed by atoms with van der Waals surface area (Å²) in [6, 6.07) is 6.26. The maximum atomic E-state index is 6.07. The van der Waals surface area contributed by atoms with E-state index in [9.17, 15) is 0 Å². The molecular formula is C15H24ClNO. The predicted octanol–water partition coefficient (Wildman–Crippen LogP) is 4.19. The maximum absolute atomic E-state index is 6.07. The quantitative estimate of drug-likeness (QED) is 0.801. The molecule has 1 rings (SSSR count). The summed E-state index contributed by atoms with van der Waals surface area (Å²) in [5.74, 6) is 0.934. The standard InChI is InChI=1S/C15H24ClNO/c1-5-6-14(10-17-11(2)3)18-15-8-7-13(16)9-12(15)4/h7-9,11,14,17H,5-6,10H2,1-4H3. The third kappa shape index (κ3) is 5.28. The minimum absolute atomic E-state index is 0.220. The van der Waals surface area contributed by atoms with Crippen LogP contribution in [0.25, 0.3) is 0 Å². The van der Waals surface area contributed by atoms with Crippen LogP contribution in [0.15, 0.2) is 18.2 Å². The Morgan fingerprint density at radius 2 is 2.06 bits per heavy atom. The third-order valence-corrected chi connectivity index (χ3v) is 3.03. The first-order valence-electron chi connectivity index (χ1n) is 6.69. The molecule has 0 heterocycles. The van der Waals surface area contributed by atoms with E-state index < -0.39 is 0 Å². The van der Waals surface area contributed by atoms with Crippen molar-refractivity contribution in [3.63, 3.8) is 0 Å². The molecule has 0 radical (unpaired) electrons. The fourth-order valence-electron chi connectivity index (χ4n) is 1.82. The van der Waals surface area contributed by atoms with Crippen LogP contribution >= 0.6 is 11.6 Å². The highest BCUT2D eigenvalue weighted by atomic mass is 35.5. The van der Waals surface area contributed by atoms with E-state index in [0.717, 1.165) is 35.7 Å². The summed E-state index contributed by atoms with van der Waals surface area (Å²) in [5.41, 5.74) is 1.09. The number of aryl methyl sites for hydroxylation is 1. The number of halogens is 1. The molecule has 0 aliphatic rings. The zero-order valence-corrected chi connectivity index (χ0v) is 12.6. The SMILES string of the molecule is CCCC(CNC(C)C)Oc1ccc(Cl)cc1C. The largest absolute Gasteiger partial charge is 0.489 e. The number of nitrogens with one attached hydrogen (secondary N) is 1. The topological polar surface area (TPSA) is 21.3 Å². The second-order valence-corrected chi connectivity index (χ2v) is 5.44. The van der Waals surface area contributed by atoms with Gasteiger partial charge in [0.25, 0.3) is 0 Å². The number of hydrogen-bond acceptors (Lipinski definition) is 2. The Morgan fingerprint density at radius 3 is 2.61 bits per heavy atom. The van der Waals surface area contributed by atoms with Crippen LogP contribution in [-0.4, -0.2) is 18.7 Å². The zero-order valence-electron chi connectivity index (χ0n) is 11.8. The normalized spacial score (nSPS) is 12.8. The van der Waals surface area contributed by atoms with Gasteiger partial charge in [0.1, 0.15) is 11.9 Å². The van der Waals surface area contributed by atoms with E-state index in [1.54, 1.807) is 0 Å². The molecule has 1 unspecified atom stereocenters. The van der Waals surface area contributed by atoms with Crippen LogP contribution in [0.3, 0.4) is 0 Å². The molecule has 3 heteroatoms. The van der Waals surface area contributed by atoms with Crippen molar-refractivity contribution in [1.29, 1.82) is 0 Å². The van der Waals surface area contributed by atoms with Crippen LogP contribution in [0.4, 0.5) is 0 Å². The van der Waals surface area contributed by atoms with Crippen molar-refractivity contribution in [3.05, 3.63) is 28.8 Å². The van der Waals surface area contributed by atoms with Crippen LogP contribution in [-0.2, 0) is 0 Å². The van der Waals surface area contributed by atoms with Crippen LogP contribution in [0.1, 0.15) is 39.2 Å². The summed E-state index contributed by atoms with van der Waals surface area (Å²) in [6.45, 7) is 9.39. The lowest BCUT2D eigenvalue weighted by Crippen LogP contribution is -2.35. The molecule has 0 fully saturated rings. The number of ether oxygens (including phenoxy) is 1. The van der Waals surface area contributed by atoms with Gasteiger partial charge in [-0.25, -0.2) is 0 Å². The summed E-state index contributed by atoms with van der Waals surface area (Å²) < 4.78 is 6.07. The summed E-state index contributed by atoms with van der Waals surface area (Å²) in [4.78, 5) is 0. The van der Waals surface area contributed by atoms with E-state index >= 15 is 0 Å². The Balaban J connectivity index is 2.64. The van der Waals surface area contributed by atoms with Crippen molar-refractivity contribution in [2.75, 3.05) is 6.54 Å². The van der Waals surface area contributed by atoms with Crippen LogP contribution in [0.5, 0.6) is 5.75 Å². The second-order valence-electron chi connectivity index (χ2n) is 5.00. The van der Waals surface area contributed by atoms with Gasteiger partial charge in [-0.3, -0.25) is 0 Å². The van der Waals surface area contributed by atoms with E-state index in [1.165, 1.54) is 0 Å². The summed E-state index contributed by atoms with van der Waals surface area (Å²) in [7, 11) is 0. The van der Waals surface area contributed by atoms with Gasteiger partial charge in [0.05, 0.1) is 0 Å². The molecule has 0 aliphatic heterocycles.